The SMILES string of the molecule is CC(O[Si](C)(C)C(C)(C)C)c1cnnn1-c1ncc(NC(=O)N2CC(C)(C(F)(F)F)c3c2cnc2cc(Cl)nn32)cc1C(F)F. The number of nitrogens with one attached hydrogen (secondary N) is 1. The zero-order valence-corrected chi connectivity index (χ0v) is 27.2. The van der Waals surface area contributed by atoms with Gasteiger partial charge < -0.3 is 9.74 Å². The smallest absolute Gasteiger partial charge is 0.401 e. The number of anilines is 2. The number of aromatic nitrogens is 7. The maximum atomic E-state index is 14.4. The van der Waals surface area contributed by atoms with Crippen LogP contribution in [0.25, 0.3) is 11.5 Å². The molecule has 1 aliphatic heterocycles. The van der Waals surface area contributed by atoms with Crippen LogP contribution >= 0.6 is 11.6 Å². The maximum absolute atomic E-state index is 14.4. The van der Waals surface area contributed by atoms with Gasteiger partial charge in [0, 0.05) is 12.6 Å². The monoisotopic (exact) mass is 671 g/mol. The Hall–Kier alpha value is -3.70. The molecule has 4 aromatic heterocycles. The molecule has 2 unspecified atom stereocenters. The summed E-state index contributed by atoms with van der Waals surface area (Å²) in [5, 5.41) is 14.0. The van der Waals surface area contributed by atoms with Crippen LogP contribution in [0.1, 0.15) is 64.1 Å². The summed E-state index contributed by atoms with van der Waals surface area (Å²) >= 11 is 5.93. The largest absolute Gasteiger partial charge is 0.409 e. The van der Waals surface area contributed by atoms with E-state index in [9.17, 15) is 26.7 Å². The quantitative estimate of drug-likeness (QED) is 0.170. The highest BCUT2D eigenvalue weighted by atomic mass is 35.5. The molecule has 0 spiro atoms. The van der Waals surface area contributed by atoms with E-state index >= 15 is 0 Å². The molecule has 11 nitrogen and oxygen atoms in total. The van der Waals surface area contributed by atoms with Gasteiger partial charge in [-0.25, -0.2) is 28.1 Å². The summed E-state index contributed by atoms with van der Waals surface area (Å²) in [5.74, 6) is -0.237. The zero-order valence-electron chi connectivity index (χ0n) is 25.4. The lowest BCUT2D eigenvalue weighted by molar-refractivity contribution is -0.181. The summed E-state index contributed by atoms with van der Waals surface area (Å²) < 4.78 is 80.5. The molecule has 2 atom stereocenters. The van der Waals surface area contributed by atoms with Gasteiger partial charge in [0.1, 0.15) is 5.41 Å². The number of fused-ring (bicyclic) bond motifs is 3. The first-order valence-corrected chi connectivity index (χ1v) is 17.1. The van der Waals surface area contributed by atoms with Crippen molar-refractivity contribution < 1.29 is 31.2 Å². The Morgan fingerprint density at radius 3 is 2.44 bits per heavy atom. The lowest BCUT2D eigenvalue weighted by atomic mass is 9.88. The third-order valence-electron chi connectivity index (χ3n) is 8.44. The van der Waals surface area contributed by atoms with Gasteiger partial charge in [0.05, 0.1) is 53.0 Å². The predicted octanol–water partition coefficient (Wildman–Crippen LogP) is 7.25. The molecular weight excluding hydrogens is 641 g/mol. The second-order valence-corrected chi connectivity index (χ2v) is 17.7. The summed E-state index contributed by atoms with van der Waals surface area (Å²) in [4.78, 5) is 22.5. The minimum atomic E-state index is -4.80. The van der Waals surface area contributed by atoms with E-state index in [0.29, 0.717) is 5.69 Å². The minimum Gasteiger partial charge on any atom is -0.409 e. The molecule has 242 valence electrons. The summed E-state index contributed by atoms with van der Waals surface area (Å²) in [6.07, 6.45) is -4.78. The van der Waals surface area contributed by atoms with Gasteiger partial charge in [-0.15, -0.1) is 5.10 Å². The molecule has 0 aromatic carbocycles. The highest BCUT2D eigenvalue weighted by molar-refractivity contribution is 6.74. The highest BCUT2D eigenvalue weighted by Gasteiger charge is 2.60. The fraction of sp³-hybridized carbons (Fsp3) is 0.481. The number of hydrogen-bond acceptors (Lipinski definition) is 7. The lowest BCUT2D eigenvalue weighted by Crippen LogP contribution is -2.46. The van der Waals surface area contributed by atoms with Crippen LogP contribution in [0.15, 0.2) is 30.7 Å². The van der Waals surface area contributed by atoms with Crippen molar-refractivity contribution in [2.24, 2.45) is 0 Å². The molecule has 2 amide bonds. The Balaban J connectivity index is 1.47. The molecule has 0 bridgehead atoms. The standard InChI is InChI=1S/C27H31ClF5N9O2Si/c1-14(44-45(6,7)25(2,3)4)17-12-36-39-41(17)23-16(22(29)30)8-15(10-35-23)37-24(43)40-13-26(5,27(31,32)33)21-18(40)11-34-20-9-19(28)38-42(20)21/h8-12,14,22H,13H2,1-7H3,(H,37,43). The molecule has 18 heteroatoms. The number of rotatable bonds is 6. The summed E-state index contributed by atoms with van der Waals surface area (Å²) in [6.45, 7) is 12.2. The van der Waals surface area contributed by atoms with E-state index in [2.05, 4.69) is 64.6 Å². The van der Waals surface area contributed by atoms with Crippen molar-refractivity contribution in [1.29, 1.82) is 0 Å². The second-order valence-electron chi connectivity index (χ2n) is 12.6. The van der Waals surface area contributed by atoms with Crippen molar-refractivity contribution >= 4 is 43.0 Å². The number of amides is 2. The predicted molar refractivity (Wildman–Crippen MR) is 159 cm³/mol. The summed E-state index contributed by atoms with van der Waals surface area (Å²) in [6, 6.07) is 1.27. The summed E-state index contributed by atoms with van der Waals surface area (Å²) in [7, 11) is -2.26. The Bertz CT molecular complexity index is 1770. The average molecular weight is 672 g/mol. The van der Waals surface area contributed by atoms with Crippen LogP contribution in [0, 0.1) is 0 Å². The molecule has 0 saturated heterocycles. The minimum absolute atomic E-state index is 0.0642. The van der Waals surface area contributed by atoms with Crippen LogP contribution in [0.3, 0.4) is 0 Å². The van der Waals surface area contributed by atoms with Crippen molar-refractivity contribution in [3.63, 3.8) is 0 Å². The molecule has 5 rings (SSSR count). The van der Waals surface area contributed by atoms with Crippen molar-refractivity contribution in [3.05, 3.63) is 52.8 Å². The van der Waals surface area contributed by atoms with Crippen LogP contribution < -0.4 is 10.2 Å². The van der Waals surface area contributed by atoms with E-state index in [1.54, 1.807) is 6.92 Å². The van der Waals surface area contributed by atoms with Gasteiger partial charge in [0.15, 0.2) is 24.9 Å². The van der Waals surface area contributed by atoms with Crippen molar-refractivity contribution in [2.45, 2.75) is 76.9 Å². The van der Waals surface area contributed by atoms with Gasteiger partial charge in [0.2, 0.25) is 0 Å². The maximum Gasteiger partial charge on any atom is 0.401 e. The number of halogens is 6. The molecule has 0 aliphatic carbocycles. The van der Waals surface area contributed by atoms with Crippen LogP contribution in [0.4, 0.5) is 38.1 Å². The third kappa shape index (κ3) is 5.65. The first kappa shape index (κ1) is 32.7. The highest BCUT2D eigenvalue weighted by Crippen LogP contribution is 2.50. The van der Waals surface area contributed by atoms with E-state index in [1.807, 2.05) is 0 Å². The Morgan fingerprint density at radius 1 is 1.13 bits per heavy atom. The van der Waals surface area contributed by atoms with E-state index < -0.39 is 50.6 Å². The first-order valence-electron chi connectivity index (χ1n) is 13.8. The van der Waals surface area contributed by atoms with Crippen molar-refractivity contribution in [1.82, 2.24) is 34.6 Å². The van der Waals surface area contributed by atoms with Gasteiger partial charge in [0.25, 0.3) is 6.43 Å². The number of hydrogen-bond donors (Lipinski definition) is 1. The summed E-state index contributed by atoms with van der Waals surface area (Å²) in [5.41, 5.74) is -3.35. The van der Waals surface area contributed by atoms with E-state index in [0.717, 1.165) is 39.5 Å². The van der Waals surface area contributed by atoms with Gasteiger partial charge in [-0.05, 0) is 38.0 Å². The number of alkyl halides is 5. The van der Waals surface area contributed by atoms with Gasteiger partial charge in [-0.1, -0.05) is 37.6 Å². The number of carbonyl (C=O) groups excluding carboxylic acids is 1. The topological polar surface area (TPSA) is 115 Å². The lowest BCUT2D eigenvalue weighted by Gasteiger charge is -2.38. The van der Waals surface area contributed by atoms with Crippen LogP contribution in [-0.4, -0.2) is 61.6 Å². The molecule has 0 radical (unpaired) electrons. The van der Waals surface area contributed by atoms with Gasteiger partial charge >= 0.3 is 12.2 Å². The van der Waals surface area contributed by atoms with E-state index in [-0.39, 0.29) is 38.7 Å². The van der Waals surface area contributed by atoms with Gasteiger partial charge in [-0.2, -0.15) is 23.0 Å². The number of carbonyl (C=O) groups is 1. The molecule has 0 saturated carbocycles. The molecule has 1 N–H and O–H groups in total. The fourth-order valence-electron chi connectivity index (χ4n) is 4.93. The van der Waals surface area contributed by atoms with Crippen LogP contribution in [-0.2, 0) is 9.84 Å². The molecule has 4 aromatic rings. The molecule has 5 heterocycles. The Kier molecular flexibility index (Phi) is 7.97. The zero-order chi connectivity index (χ0) is 33.3. The molecule has 0 fully saturated rings. The normalized spacial score (nSPS) is 18.1. The van der Waals surface area contributed by atoms with E-state index in [1.165, 1.54) is 12.3 Å². The first-order chi connectivity index (χ1) is 20.7. The number of nitrogens with zero attached hydrogens (tertiary/aromatic N) is 8. The second kappa shape index (κ2) is 11.0. The molecule has 45 heavy (non-hydrogen) atoms. The van der Waals surface area contributed by atoms with Crippen molar-refractivity contribution in [2.75, 3.05) is 16.8 Å². The van der Waals surface area contributed by atoms with Gasteiger partial charge in [-0.3, -0.25) is 4.90 Å². The average Bonchev–Trinajstić information content (AvgIpc) is 3.62. The number of urea groups is 1. The number of pyridine rings is 1. The van der Waals surface area contributed by atoms with Crippen LogP contribution in [0.5, 0.6) is 0 Å². The van der Waals surface area contributed by atoms with E-state index in [4.69, 9.17) is 16.0 Å². The Morgan fingerprint density at radius 2 is 1.82 bits per heavy atom. The van der Waals surface area contributed by atoms with Crippen molar-refractivity contribution in [3.8, 4) is 5.82 Å². The fourth-order valence-corrected chi connectivity index (χ4v) is 6.46. The third-order valence-corrected chi connectivity index (χ3v) is 13.2. The molecule has 1 aliphatic rings. The Labute approximate surface area is 260 Å². The molecular formula is C27H31ClF5N9O2Si. The van der Waals surface area contributed by atoms with Crippen LogP contribution in [0.2, 0.25) is 23.3 Å².